The van der Waals surface area contributed by atoms with Gasteiger partial charge < -0.3 is 14.3 Å². The third kappa shape index (κ3) is 4.09. The Labute approximate surface area is 135 Å². The fourth-order valence-corrected chi connectivity index (χ4v) is 2.61. The van der Waals surface area contributed by atoms with Gasteiger partial charge in [0.1, 0.15) is 6.61 Å². The molecule has 1 aliphatic rings. The molecule has 2 unspecified atom stereocenters. The molecule has 1 fully saturated rings. The van der Waals surface area contributed by atoms with Crippen LogP contribution in [0.3, 0.4) is 0 Å². The molecule has 0 radical (unpaired) electrons. The van der Waals surface area contributed by atoms with E-state index in [1.165, 1.54) is 19.8 Å². The Kier molecular flexibility index (Phi) is 5.73. The van der Waals surface area contributed by atoms with Crippen molar-refractivity contribution in [1.29, 1.82) is 0 Å². The van der Waals surface area contributed by atoms with Gasteiger partial charge in [-0.1, -0.05) is 17.3 Å². The molecule has 0 heterocycles. The van der Waals surface area contributed by atoms with Crippen molar-refractivity contribution in [3.8, 4) is 0 Å². The third-order valence-electron chi connectivity index (χ3n) is 4.15. The lowest BCUT2D eigenvalue weighted by molar-refractivity contribution is -0.133. The lowest BCUT2D eigenvalue weighted by Crippen LogP contribution is -2.28. The lowest BCUT2D eigenvalue weighted by atomic mass is 9.70. The van der Waals surface area contributed by atoms with E-state index in [9.17, 15) is 9.59 Å². The van der Waals surface area contributed by atoms with Crippen molar-refractivity contribution in [2.45, 2.75) is 25.7 Å². The van der Waals surface area contributed by atoms with Crippen LogP contribution in [0.15, 0.2) is 29.4 Å². The average Bonchev–Trinajstić information content (AvgIpc) is 2.56. The van der Waals surface area contributed by atoms with Gasteiger partial charge in [0, 0.05) is 5.92 Å². The molecule has 23 heavy (non-hydrogen) atoms. The maximum Gasteiger partial charge on any atom is 0.355 e. The molecule has 0 N–H and O–H groups in total. The van der Waals surface area contributed by atoms with Crippen LogP contribution in [-0.2, 0) is 19.1 Å². The number of benzene rings is 1. The minimum atomic E-state index is -0.492. The summed E-state index contributed by atoms with van der Waals surface area (Å²) >= 11 is 0. The van der Waals surface area contributed by atoms with E-state index in [0.717, 1.165) is 12.8 Å². The highest BCUT2D eigenvalue weighted by molar-refractivity contribution is 6.35. The van der Waals surface area contributed by atoms with Crippen LogP contribution in [0.4, 0.5) is 0 Å². The van der Waals surface area contributed by atoms with Crippen LogP contribution >= 0.6 is 0 Å². The Morgan fingerprint density at radius 3 is 2.35 bits per heavy atom. The Hall–Kier alpha value is -2.37. The molecule has 1 aliphatic carbocycles. The Morgan fingerprint density at radius 1 is 1.13 bits per heavy atom. The minimum Gasteiger partial charge on any atom is -0.465 e. The SMILES string of the molecule is COC(=O)/C(C)=N/OCC1CCC1c1ccc(C(=O)OC)cc1. The largest absolute Gasteiger partial charge is 0.465 e. The van der Waals surface area contributed by atoms with E-state index < -0.39 is 5.97 Å². The van der Waals surface area contributed by atoms with Gasteiger partial charge in [-0.15, -0.1) is 0 Å². The highest BCUT2D eigenvalue weighted by Crippen LogP contribution is 2.42. The van der Waals surface area contributed by atoms with E-state index in [1.54, 1.807) is 19.1 Å². The van der Waals surface area contributed by atoms with Crippen molar-refractivity contribution in [3.05, 3.63) is 35.4 Å². The molecule has 2 rings (SSSR count). The molecule has 124 valence electrons. The first kappa shape index (κ1) is 17.0. The van der Waals surface area contributed by atoms with Gasteiger partial charge in [-0.2, -0.15) is 0 Å². The number of hydrogen-bond acceptors (Lipinski definition) is 6. The number of methoxy groups -OCH3 is 2. The molecule has 6 heteroatoms. The van der Waals surface area contributed by atoms with Gasteiger partial charge in [-0.3, -0.25) is 0 Å². The molecule has 0 bridgehead atoms. The molecule has 2 atom stereocenters. The second-order valence-electron chi connectivity index (χ2n) is 5.52. The molecular weight excluding hydrogens is 298 g/mol. The highest BCUT2D eigenvalue weighted by atomic mass is 16.6. The summed E-state index contributed by atoms with van der Waals surface area (Å²) in [6.45, 7) is 2.01. The fraction of sp³-hybridized carbons (Fsp3) is 0.471. The number of carbonyl (C=O) groups is 2. The van der Waals surface area contributed by atoms with Crippen LogP contribution in [-0.4, -0.2) is 38.5 Å². The fourth-order valence-electron chi connectivity index (χ4n) is 2.61. The second kappa shape index (κ2) is 7.76. The number of ether oxygens (including phenoxy) is 2. The van der Waals surface area contributed by atoms with E-state index in [2.05, 4.69) is 9.89 Å². The highest BCUT2D eigenvalue weighted by Gasteiger charge is 2.32. The van der Waals surface area contributed by atoms with Crippen molar-refractivity contribution in [2.75, 3.05) is 20.8 Å². The molecule has 1 aromatic carbocycles. The molecule has 0 aromatic heterocycles. The number of nitrogens with zero attached hydrogens (tertiary/aromatic N) is 1. The zero-order valence-corrected chi connectivity index (χ0v) is 13.6. The number of rotatable bonds is 6. The van der Waals surface area contributed by atoms with Crippen LogP contribution in [0.1, 0.15) is 41.6 Å². The van der Waals surface area contributed by atoms with Crippen molar-refractivity contribution in [1.82, 2.24) is 0 Å². The monoisotopic (exact) mass is 319 g/mol. The summed E-state index contributed by atoms with van der Waals surface area (Å²) < 4.78 is 9.24. The van der Waals surface area contributed by atoms with Gasteiger partial charge in [0.25, 0.3) is 0 Å². The summed E-state index contributed by atoms with van der Waals surface area (Å²) in [5.74, 6) is -0.0882. The van der Waals surface area contributed by atoms with Crippen molar-refractivity contribution in [2.24, 2.45) is 11.1 Å². The van der Waals surface area contributed by atoms with Gasteiger partial charge in [-0.05, 0) is 43.4 Å². The zero-order valence-electron chi connectivity index (χ0n) is 13.6. The molecule has 0 aliphatic heterocycles. The molecule has 0 spiro atoms. The van der Waals surface area contributed by atoms with Gasteiger partial charge in [0.05, 0.1) is 19.8 Å². The number of oxime groups is 1. The van der Waals surface area contributed by atoms with Crippen molar-refractivity contribution in [3.63, 3.8) is 0 Å². The molecule has 6 nitrogen and oxygen atoms in total. The van der Waals surface area contributed by atoms with Crippen LogP contribution in [0.25, 0.3) is 0 Å². The van der Waals surface area contributed by atoms with Crippen LogP contribution in [0, 0.1) is 5.92 Å². The van der Waals surface area contributed by atoms with Crippen LogP contribution < -0.4 is 0 Å². The van der Waals surface area contributed by atoms with Crippen LogP contribution in [0.2, 0.25) is 0 Å². The Bertz CT molecular complexity index is 594. The standard InChI is InChI=1S/C17H21NO5/c1-11(16(19)21-2)18-23-10-14-8-9-15(14)12-4-6-13(7-5-12)17(20)22-3/h4-7,14-15H,8-10H2,1-3H3/b18-11+. The Balaban J connectivity index is 1.90. The summed E-state index contributed by atoms with van der Waals surface area (Å²) in [7, 11) is 2.67. The molecule has 0 amide bonds. The summed E-state index contributed by atoms with van der Waals surface area (Å²) in [6.07, 6.45) is 2.13. The Morgan fingerprint density at radius 2 is 1.83 bits per heavy atom. The first-order chi connectivity index (χ1) is 11.1. The predicted octanol–water partition coefficient (Wildman–Crippen LogP) is 2.53. The molecule has 1 aromatic rings. The number of esters is 2. The van der Waals surface area contributed by atoms with Crippen molar-refractivity contribution < 1.29 is 23.9 Å². The number of hydrogen-bond donors (Lipinski definition) is 0. The van der Waals surface area contributed by atoms with Gasteiger partial charge in [-0.25, -0.2) is 9.59 Å². The maximum atomic E-state index is 11.4. The van der Waals surface area contributed by atoms with E-state index in [0.29, 0.717) is 24.0 Å². The maximum absolute atomic E-state index is 11.4. The van der Waals surface area contributed by atoms with E-state index >= 15 is 0 Å². The second-order valence-corrected chi connectivity index (χ2v) is 5.52. The molecular formula is C17H21NO5. The van der Waals surface area contributed by atoms with Gasteiger partial charge in [0.2, 0.25) is 0 Å². The van der Waals surface area contributed by atoms with Crippen molar-refractivity contribution >= 4 is 17.7 Å². The van der Waals surface area contributed by atoms with Crippen LogP contribution in [0.5, 0.6) is 0 Å². The van der Waals surface area contributed by atoms with E-state index in [4.69, 9.17) is 9.57 Å². The number of carbonyl (C=O) groups excluding carboxylic acids is 2. The lowest BCUT2D eigenvalue weighted by Gasteiger charge is -2.36. The van der Waals surface area contributed by atoms with E-state index in [-0.39, 0.29) is 11.7 Å². The van der Waals surface area contributed by atoms with Gasteiger partial charge >= 0.3 is 11.9 Å². The first-order valence-electron chi connectivity index (χ1n) is 7.50. The first-order valence-corrected chi connectivity index (χ1v) is 7.50. The summed E-state index contributed by atoms with van der Waals surface area (Å²) in [5.41, 5.74) is 1.92. The van der Waals surface area contributed by atoms with Gasteiger partial charge in [0.15, 0.2) is 5.71 Å². The minimum absolute atomic E-state index is 0.200. The normalized spacial score (nSPS) is 20.4. The summed E-state index contributed by atoms with van der Waals surface area (Å²) in [5, 5.41) is 3.77. The van der Waals surface area contributed by atoms with E-state index in [1.807, 2.05) is 12.1 Å². The summed E-state index contributed by atoms with van der Waals surface area (Å²) in [4.78, 5) is 27.9. The molecule has 1 saturated carbocycles. The summed E-state index contributed by atoms with van der Waals surface area (Å²) in [6, 6.07) is 7.45. The molecule has 0 saturated heterocycles. The smallest absolute Gasteiger partial charge is 0.355 e. The average molecular weight is 319 g/mol. The topological polar surface area (TPSA) is 74.2 Å². The zero-order chi connectivity index (χ0) is 16.8. The third-order valence-corrected chi connectivity index (χ3v) is 4.15. The predicted molar refractivity (Wildman–Crippen MR) is 84.3 cm³/mol. The quantitative estimate of drug-likeness (QED) is 0.457.